The van der Waals surface area contributed by atoms with E-state index in [4.69, 9.17) is 0 Å². The maximum atomic E-state index is 4.67. The van der Waals surface area contributed by atoms with Crippen molar-refractivity contribution in [2.75, 3.05) is 6.54 Å². The average Bonchev–Trinajstić information content (AvgIpc) is 2.96. The fourth-order valence-electron chi connectivity index (χ4n) is 3.49. The SMILES string of the molecule is CCNC(c1ccncc1CC)C1CCc2cccnc21. The molecule has 0 aliphatic heterocycles. The normalized spacial score (nSPS) is 18.5. The molecule has 21 heavy (non-hydrogen) atoms. The number of pyridine rings is 2. The zero-order chi connectivity index (χ0) is 14.7. The van der Waals surface area contributed by atoms with Crippen molar-refractivity contribution in [1.82, 2.24) is 15.3 Å². The van der Waals surface area contributed by atoms with Gasteiger partial charge in [0, 0.05) is 36.2 Å². The number of fused-ring (bicyclic) bond motifs is 1. The van der Waals surface area contributed by atoms with E-state index in [0.717, 1.165) is 19.4 Å². The number of likely N-dealkylation sites (N-methyl/N-ethyl adjacent to an activating group) is 1. The van der Waals surface area contributed by atoms with E-state index in [-0.39, 0.29) is 0 Å². The van der Waals surface area contributed by atoms with Gasteiger partial charge in [0.2, 0.25) is 0 Å². The van der Waals surface area contributed by atoms with Crippen molar-refractivity contribution in [3.63, 3.8) is 0 Å². The predicted octanol–water partition coefficient (Wildman–Crippen LogP) is 3.42. The molecular formula is C18H23N3. The molecule has 0 spiro atoms. The van der Waals surface area contributed by atoms with Crippen LogP contribution in [0.3, 0.4) is 0 Å². The highest BCUT2D eigenvalue weighted by Gasteiger charge is 2.32. The number of aryl methyl sites for hydroxylation is 2. The first-order valence-corrected chi connectivity index (χ1v) is 7.95. The van der Waals surface area contributed by atoms with Gasteiger partial charge in [-0.15, -0.1) is 0 Å². The molecule has 1 N–H and O–H groups in total. The first kappa shape index (κ1) is 14.2. The summed E-state index contributed by atoms with van der Waals surface area (Å²) in [5, 5.41) is 3.69. The van der Waals surface area contributed by atoms with Crippen molar-refractivity contribution >= 4 is 0 Å². The smallest absolute Gasteiger partial charge is 0.0485 e. The third kappa shape index (κ3) is 2.70. The molecule has 0 saturated carbocycles. The van der Waals surface area contributed by atoms with E-state index in [1.54, 1.807) is 0 Å². The summed E-state index contributed by atoms with van der Waals surface area (Å²) < 4.78 is 0. The van der Waals surface area contributed by atoms with Gasteiger partial charge in [-0.1, -0.05) is 19.9 Å². The Bertz CT molecular complexity index is 609. The Morgan fingerprint density at radius 2 is 2.19 bits per heavy atom. The topological polar surface area (TPSA) is 37.8 Å². The molecule has 1 aliphatic rings. The molecule has 1 aliphatic carbocycles. The number of nitrogens with zero attached hydrogens (tertiary/aromatic N) is 2. The Morgan fingerprint density at radius 1 is 1.29 bits per heavy atom. The molecule has 2 atom stereocenters. The predicted molar refractivity (Wildman–Crippen MR) is 85.3 cm³/mol. The van der Waals surface area contributed by atoms with Gasteiger partial charge >= 0.3 is 0 Å². The summed E-state index contributed by atoms with van der Waals surface area (Å²) in [6, 6.07) is 6.78. The van der Waals surface area contributed by atoms with Gasteiger partial charge in [0.1, 0.15) is 0 Å². The third-order valence-corrected chi connectivity index (χ3v) is 4.49. The third-order valence-electron chi connectivity index (χ3n) is 4.49. The molecule has 0 amide bonds. The van der Waals surface area contributed by atoms with Crippen LogP contribution in [-0.2, 0) is 12.8 Å². The number of rotatable bonds is 5. The molecule has 0 bridgehead atoms. The number of hydrogen-bond donors (Lipinski definition) is 1. The summed E-state index contributed by atoms with van der Waals surface area (Å²) in [6.07, 6.45) is 9.18. The van der Waals surface area contributed by atoms with Crippen molar-refractivity contribution in [3.8, 4) is 0 Å². The lowest BCUT2D eigenvalue weighted by molar-refractivity contribution is 0.444. The Balaban J connectivity index is 2.00. The molecule has 2 heterocycles. The van der Waals surface area contributed by atoms with Crippen molar-refractivity contribution in [2.45, 2.75) is 45.1 Å². The zero-order valence-electron chi connectivity index (χ0n) is 12.8. The van der Waals surface area contributed by atoms with E-state index >= 15 is 0 Å². The lowest BCUT2D eigenvalue weighted by atomic mass is 9.88. The Morgan fingerprint density at radius 3 is 3.00 bits per heavy atom. The molecule has 3 rings (SSSR count). The van der Waals surface area contributed by atoms with Crippen LogP contribution in [0.1, 0.15) is 54.6 Å². The van der Waals surface area contributed by atoms with E-state index < -0.39 is 0 Å². The van der Waals surface area contributed by atoms with Crippen LogP contribution in [0.15, 0.2) is 36.8 Å². The second kappa shape index (κ2) is 6.35. The maximum Gasteiger partial charge on any atom is 0.0485 e. The van der Waals surface area contributed by atoms with Gasteiger partial charge in [0.25, 0.3) is 0 Å². The molecule has 0 fully saturated rings. The minimum atomic E-state index is 0.337. The van der Waals surface area contributed by atoms with Gasteiger partial charge in [-0.25, -0.2) is 0 Å². The Kier molecular flexibility index (Phi) is 4.30. The lowest BCUT2D eigenvalue weighted by Crippen LogP contribution is -2.27. The van der Waals surface area contributed by atoms with Gasteiger partial charge in [-0.3, -0.25) is 9.97 Å². The number of nitrogens with one attached hydrogen (secondary N) is 1. The summed E-state index contributed by atoms with van der Waals surface area (Å²) in [7, 11) is 0. The highest BCUT2D eigenvalue weighted by molar-refractivity contribution is 5.36. The van der Waals surface area contributed by atoms with Gasteiger partial charge in [0.15, 0.2) is 0 Å². The first-order valence-electron chi connectivity index (χ1n) is 7.95. The zero-order valence-corrected chi connectivity index (χ0v) is 12.8. The number of hydrogen-bond acceptors (Lipinski definition) is 3. The van der Waals surface area contributed by atoms with Crippen molar-refractivity contribution < 1.29 is 0 Å². The molecule has 2 aromatic rings. The molecule has 0 radical (unpaired) electrons. The average molecular weight is 281 g/mol. The highest BCUT2D eigenvalue weighted by atomic mass is 14.9. The van der Waals surface area contributed by atoms with Crippen LogP contribution in [0, 0.1) is 0 Å². The molecule has 2 unspecified atom stereocenters. The van der Waals surface area contributed by atoms with Crippen LogP contribution < -0.4 is 5.32 Å². The second-order valence-electron chi connectivity index (χ2n) is 5.66. The molecule has 0 aromatic carbocycles. The molecule has 110 valence electrons. The summed E-state index contributed by atoms with van der Waals surface area (Å²) in [4.78, 5) is 8.96. The van der Waals surface area contributed by atoms with Crippen LogP contribution in [0.5, 0.6) is 0 Å². The minimum Gasteiger partial charge on any atom is -0.310 e. The molecular weight excluding hydrogens is 258 g/mol. The van der Waals surface area contributed by atoms with Gasteiger partial charge in [-0.2, -0.15) is 0 Å². The van der Waals surface area contributed by atoms with Gasteiger partial charge in [0.05, 0.1) is 0 Å². The monoisotopic (exact) mass is 281 g/mol. The lowest BCUT2D eigenvalue weighted by Gasteiger charge is -2.27. The fraction of sp³-hybridized carbons (Fsp3) is 0.444. The largest absolute Gasteiger partial charge is 0.310 e. The summed E-state index contributed by atoms with van der Waals surface area (Å²) in [5.41, 5.74) is 5.42. The van der Waals surface area contributed by atoms with E-state index in [9.17, 15) is 0 Å². The summed E-state index contributed by atoms with van der Waals surface area (Å²) in [5.74, 6) is 0.467. The molecule has 3 heteroatoms. The van der Waals surface area contributed by atoms with Crippen LogP contribution in [0.25, 0.3) is 0 Å². The van der Waals surface area contributed by atoms with E-state index in [1.165, 1.54) is 28.8 Å². The van der Waals surface area contributed by atoms with Crippen molar-refractivity contribution in [1.29, 1.82) is 0 Å². The van der Waals surface area contributed by atoms with Crippen LogP contribution in [-0.4, -0.2) is 16.5 Å². The molecule has 2 aromatic heterocycles. The molecule has 3 nitrogen and oxygen atoms in total. The summed E-state index contributed by atoms with van der Waals surface area (Å²) >= 11 is 0. The van der Waals surface area contributed by atoms with E-state index in [0.29, 0.717) is 12.0 Å². The van der Waals surface area contributed by atoms with Crippen LogP contribution in [0.2, 0.25) is 0 Å². The Labute approximate surface area is 126 Å². The van der Waals surface area contributed by atoms with E-state index in [2.05, 4.69) is 41.3 Å². The quantitative estimate of drug-likeness (QED) is 0.912. The standard InChI is InChI=1S/C18H23N3/c1-3-13-12-19-11-9-15(13)18(20-4-2)16-8-7-14-6-5-10-21-17(14)16/h5-6,9-12,16,18,20H,3-4,7-8H2,1-2H3. The van der Waals surface area contributed by atoms with Gasteiger partial charge < -0.3 is 5.32 Å². The number of aromatic nitrogens is 2. The molecule has 0 saturated heterocycles. The second-order valence-corrected chi connectivity index (χ2v) is 5.66. The highest BCUT2D eigenvalue weighted by Crippen LogP contribution is 2.41. The Hall–Kier alpha value is -1.74. The summed E-state index contributed by atoms with van der Waals surface area (Å²) in [6.45, 7) is 5.34. The fourth-order valence-corrected chi connectivity index (χ4v) is 3.49. The first-order chi connectivity index (χ1) is 10.3. The van der Waals surface area contributed by atoms with Crippen molar-refractivity contribution in [3.05, 3.63) is 59.2 Å². The van der Waals surface area contributed by atoms with Crippen LogP contribution >= 0.6 is 0 Å². The van der Waals surface area contributed by atoms with Crippen molar-refractivity contribution in [2.24, 2.45) is 0 Å². The van der Waals surface area contributed by atoms with Crippen LogP contribution in [0.4, 0.5) is 0 Å². The minimum absolute atomic E-state index is 0.337. The van der Waals surface area contributed by atoms with E-state index in [1.807, 2.05) is 24.7 Å². The maximum absolute atomic E-state index is 4.67. The van der Waals surface area contributed by atoms with Gasteiger partial charge in [-0.05, 0) is 54.6 Å².